The van der Waals surface area contributed by atoms with Crippen LogP contribution < -0.4 is 15.4 Å². The molecule has 2 saturated heterocycles. The predicted molar refractivity (Wildman–Crippen MR) is 111 cm³/mol. The second-order valence-corrected chi connectivity index (χ2v) is 8.31. The molecule has 2 fully saturated rings. The van der Waals surface area contributed by atoms with Gasteiger partial charge in [0.05, 0.1) is 7.11 Å². The number of hydrogen-bond acceptors (Lipinski definition) is 5. The normalized spacial score (nSPS) is 20.9. The molecule has 4 amide bonds. The molecule has 2 aliphatic rings. The Morgan fingerprint density at radius 2 is 1.93 bits per heavy atom. The Hall–Kier alpha value is -2.61. The van der Waals surface area contributed by atoms with Gasteiger partial charge in [0.2, 0.25) is 5.91 Å². The molecule has 8 nitrogen and oxygen atoms in total. The van der Waals surface area contributed by atoms with Crippen LogP contribution in [0.3, 0.4) is 0 Å². The summed E-state index contributed by atoms with van der Waals surface area (Å²) in [6, 6.07) is 6.77. The number of nitrogens with one attached hydrogen (secondary N) is 2. The molecule has 1 unspecified atom stereocenters. The molecule has 164 valence electrons. The molecule has 0 bridgehead atoms. The van der Waals surface area contributed by atoms with E-state index < -0.39 is 12.1 Å². The van der Waals surface area contributed by atoms with Crippen molar-refractivity contribution in [1.29, 1.82) is 0 Å². The number of methoxy groups -OCH3 is 1. The lowest BCUT2D eigenvalue weighted by Gasteiger charge is -2.39. The van der Waals surface area contributed by atoms with Crippen LogP contribution in [0, 0.1) is 0 Å². The first kappa shape index (κ1) is 22.1. The Kier molecular flexibility index (Phi) is 6.97. The van der Waals surface area contributed by atoms with Crippen LogP contribution in [-0.2, 0) is 19.7 Å². The SMILES string of the molecule is COc1ccc(C2(CN3C(=O)NC(CCC(=O)NC(C)C)C3=O)CCOCC2)cc1. The molecule has 0 aromatic heterocycles. The summed E-state index contributed by atoms with van der Waals surface area (Å²) in [5, 5.41) is 5.55. The van der Waals surface area contributed by atoms with Crippen LogP contribution in [-0.4, -0.2) is 61.7 Å². The maximum Gasteiger partial charge on any atom is 0.324 e. The largest absolute Gasteiger partial charge is 0.497 e. The van der Waals surface area contributed by atoms with E-state index in [0.717, 1.165) is 24.2 Å². The first-order chi connectivity index (χ1) is 14.3. The lowest BCUT2D eigenvalue weighted by Crippen LogP contribution is -2.47. The highest BCUT2D eigenvalue weighted by molar-refractivity contribution is 6.04. The highest BCUT2D eigenvalue weighted by Crippen LogP contribution is 2.37. The molecule has 30 heavy (non-hydrogen) atoms. The van der Waals surface area contributed by atoms with E-state index in [9.17, 15) is 14.4 Å². The Balaban J connectivity index is 1.72. The fraction of sp³-hybridized carbons (Fsp3) is 0.591. The van der Waals surface area contributed by atoms with Gasteiger partial charge in [-0.05, 0) is 50.8 Å². The van der Waals surface area contributed by atoms with Crippen LogP contribution in [0.15, 0.2) is 24.3 Å². The summed E-state index contributed by atoms with van der Waals surface area (Å²) in [6.45, 7) is 5.22. The van der Waals surface area contributed by atoms with Crippen LogP contribution in [0.5, 0.6) is 5.75 Å². The molecule has 2 N–H and O–H groups in total. The molecular weight excluding hydrogens is 386 g/mol. The van der Waals surface area contributed by atoms with Crippen molar-refractivity contribution >= 4 is 17.8 Å². The van der Waals surface area contributed by atoms with Crippen molar-refractivity contribution in [3.63, 3.8) is 0 Å². The molecule has 2 aliphatic heterocycles. The number of urea groups is 1. The number of hydrogen-bond donors (Lipinski definition) is 2. The number of amides is 4. The van der Waals surface area contributed by atoms with E-state index >= 15 is 0 Å². The molecule has 1 aromatic carbocycles. The third-order valence-electron chi connectivity index (χ3n) is 5.83. The van der Waals surface area contributed by atoms with Gasteiger partial charge in [-0.3, -0.25) is 14.5 Å². The molecular formula is C22H31N3O5. The van der Waals surface area contributed by atoms with Crippen LogP contribution in [0.1, 0.15) is 45.1 Å². The fourth-order valence-electron chi connectivity index (χ4n) is 4.14. The first-order valence-corrected chi connectivity index (χ1v) is 10.5. The van der Waals surface area contributed by atoms with E-state index in [4.69, 9.17) is 9.47 Å². The quantitative estimate of drug-likeness (QED) is 0.631. The Morgan fingerprint density at radius 1 is 1.27 bits per heavy atom. The van der Waals surface area contributed by atoms with Gasteiger partial charge in [0.15, 0.2) is 0 Å². The van der Waals surface area contributed by atoms with Gasteiger partial charge in [-0.25, -0.2) is 4.79 Å². The van der Waals surface area contributed by atoms with Crippen molar-refractivity contribution in [1.82, 2.24) is 15.5 Å². The van der Waals surface area contributed by atoms with Gasteiger partial charge in [0.25, 0.3) is 5.91 Å². The minimum absolute atomic E-state index is 0.0424. The van der Waals surface area contributed by atoms with Crippen molar-refractivity contribution in [2.75, 3.05) is 26.9 Å². The van der Waals surface area contributed by atoms with E-state index in [1.165, 1.54) is 4.90 Å². The number of rotatable bonds is 8. The Bertz CT molecular complexity index is 771. The van der Waals surface area contributed by atoms with Gasteiger partial charge in [-0.2, -0.15) is 0 Å². The average molecular weight is 418 g/mol. The zero-order chi connectivity index (χ0) is 21.7. The summed E-state index contributed by atoms with van der Waals surface area (Å²) in [4.78, 5) is 38.8. The number of ether oxygens (including phenoxy) is 2. The summed E-state index contributed by atoms with van der Waals surface area (Å²) >= 11 is 0. The second kappa shape index (κ2) is 9.47. The van der Waals surface area contributed by atoms with Gasteiger partial charge < -0.3 is 20.1 Å². The maximum atomic E-state index is 13.0. The number of benzene rings is 1. The molecule has 0 saturated carbocycles. The van der Waals surface area contributed by atoms with Crippen molar-refractivity contribution in [2.24, 2.45) is 0 Å². The number of nitrogens with zero attached hydrogens (tertiary/aromatic N) is 1. The highest BCUT2D eigenvalue weighted by Gasteiger charge is 2.44. The second-order valence-electron chi connectivity index (χ2n) is 8.31. The smallest absolute Gasteiger partial charge is 0.324 e. The molecule has 0 aliphatic carbocycles. The lowest BCUT2D eigenvalue weighted by molar-refractivity contribution is -0.129. The lowest BCUT2D eigenvalue weighted by atomic mass is 9.73. The summed E-state index contributed by atoms with van der Waals surface area (Å²) in [5.74, 6) is 0.372. The summed E-state index contributed by atoms with van der Waals surface area (Å²) in [6.07, 6.45) is 1.92. The zero-order valence-corrected chi connectivity index (χ0v) is 17.9. The monoisotopic (exact) mass is 417 g/mol. The molecule has 0 spiro atoms. The van der Waals surface area contributed by atoms with Gasteiger partial charge in [0, 0.05) is 37.6 Å². The minimum Gasteiger partial charge on any atom is -0.497 e. The average Bonchev–Trinajstić information content (AvgIpc) is 3.00. The Morgan fingerprint density at radius 3 is 2.53 bits per heavy atom. The number of imide groups is 1. The first-order valence-electron chi connectivity index (χ1n) is 10.5. The van der Waals surface area contributed by atoms with E-state index in [-0.39, 0.29) is 36.1 Å². The summed E-state index contributed by atoms with van der Waals surface area (Å²) in [7, 11) is 1.62. The molecule has 1 atom stereocenters. The fourth-order valence-corrected chi connectivity index (χ4v) is 4.14. The van der Waals surface area contributed by atoms with Gasteiger partial charge in [-0.15, -0.1) is 0 Å². The van der Waals surface area contributed by atoms with Crippen LogP contribution in [0.2, 0.25) is 0 Å². The number of carbonyl (C=O) groups is 3. The molecule has 3 rings (SSSR count). The van der Waals surface area contributed by atoms with Crippen molar-refractivity contribution in [2.45, 2.75) is 57.0 Å². The van der Waals surface area contributed by atoms with Crippen LogP contribution in [0.25, 0.3) is 0 Å². The topological polar surface area (TPSA) is 97.0 Å². The zero-order valence-electron chi connectivity index (χ0n) is 17.9. The summed E-state index contributed by atoms with van der Waals surface area (Å²) < 4.78 is 10.8. The summed E-state index contributed by atoms with van der Waals surface area (Å²) in [5.41, 5.74) is 0.702. The molecule has 8 heteroatoms. The third-order valence-corrected chi connectivity index (χ3v) is 5.83. The van der Waals surface area contributed by atoms with Crippen molar-refractivity contribution in [3.05, 3.63) is 29.8 Å². The van der Waals surface area contributed by atoms with Crippen molar-refractivity contribution < 1.29 is 23.9 Å². The standard InChI is InChI=1S/C22H31N3O5/c1-15(2)23-19(26)9-8-18-20(27)25(21(28)24-18)14-22(10-12-30-13-11-22)16-4-6-17(29-3)7-5-16/h4-7,15,18H,8-14H2,1-3H3,(H,23,26)(H,24,28). The maximum absolute atomic E-state index is 13.0. The van der Waals surface area contributed by atoms with Gasteiger partial charge >= 0.3 is 6.03 Å². The number of carbonyl (C=O) groups excluding carboxylic acids is 3. The van der Waals surface area contributed by atoms with E-state index in [1.54, 1.807) is 7.11 Å². The molecule has 0 radical (unpaired) electrons. The van der Waals surface area contributed by atoms with Gasteiger partial charge in [-0.1, -0.05) is 12.1 Å². The van der Waals surface area contributed by atoms with Crippen LogP contribution >= 0.6 is 0 Å². The van der Waals surface area contributed by atoms with Gasteiger partial charge in [0.1, 0.15) is 11.8 Å². The van der Waals surface area contributed by atoms with E-state index in [1.807, 2.05) is 38.1 Å². The molecule has 2 heterocycles. The van der Waals surface area contributed by atoms with E-state index in [2.05, 4.69) is 10.6 Å². The molecule has 1 aromatic rings. The van der Waals surface area contributed by atoms with Crippen molar-refractivity contribution in [3.8, 4) is 5.75 Å². The minimum atomic E-state index is -0.664. The van der Waals surface area contributed by atoms with Crippen LogP contribution in [0.4, 0.5) is 4.79 Å². The third kappa shape index (κ3) is 4.92. The Labute approximate surface area is 177 Å². The van der Waals surface area contributed by atoms with E-state index in [0.29, 0.717) is 19.8 Å². The predicted octanol–water partition coefficient (Wildman–Crippen LogP) is 1.97. The highest BCUT2D eigenvalue weighted by atomic mass is 16.5.